The fourth-order valence-electron chi connectivity index (χ4n) is 1.25. The first-order valence-electron chi connectivity index (χ1n) is 4.65. The highest BCUT2D eigenvalue weighted by molar-refractivity contribution is 6.06. The summed E-state index contributed by atoms with van der Waals surface area (Å²) in [5.74, 6) is -0.242. The van der Waals surface area contributed by atoms with E-state index in [-0.39, 0.29) is 5.78 Å². The first-order valence-corrected chi connectivity index (χ1v) is 4.65. The number of hydrogen-bond donors (Lipinski definition) is 2. The van der Waals surface area contributed by atoms with Gasteiger partial charge in [0.1, 0.15) is 11.4 Å². The smallest absolute Gasteiger partial charge is 0.233 e. The van der Waals surface area contributed by atoms with Crippen molar-refractivity contribution in [1.82, 2.24) is 20.4 Å². The lowest BCUT2D eigenvalue weighted by molar-refractivity contribution is 0.102. The summed E-state index contributed by atoms with van der Waals surface area (Å²) in [6.07, 6.45) is 3.17. The summed E-state index contributed by atoms with van der Waals surface area (Å²) in [4.78, 5) is 11.9. The number of aromatic nitrogens is 4. The lowest BCUT2D eigenvalue weighted by Gasteiger charge is -1.87. The van der Waals surface area contributed by atoms with E-state index >= 15 is 0 Å². The topological polar surface area (TPSA) is 74.4 Å². The maximum atomic E-state index is 11.9. The second kappa shape index (κ2) is 3.98. The predicted octanol–water partition coefficient (Wildman–Crippen LogP) is 1.65. The van der Waals surface area contributed by atoms with Gasteiger partial charge in [0.2, 0.25) is 5.78 Å². The number of rotatable bonds is 4. The van der Waals surface area contributed by atoms with E-state index in [9.17, 15) is 4.79 Å². The molecule has 0 saturated carbocycles. The van der Waals surface area contributed by atoms with Crippen LogP contribution in [0.15, 0.2) is 25.3 Å². The van der Waals surface area contributed by atoms with E-state index in [1.54, 1.807) is 24.3 Å². The average Bonchev–Trinajstić information content (AvgIpc) is 2.97. The number of nitrogens with zero attached hydrogens (tertiary/aromatic N) is 2. The molecule has 0 bridgehead atoms. The van der Waals surface area contributed by atoms with Crippen LogP contribution in [0.2, 0.25) is 0 Å². The van der Waals surface area contributed by atoms with Crippen molar-refractivity contribution >= 4 is 17.9 Å². The van der Waals surface area contributed by atoms with E-state index in [4.69, 9.17) is 0 Å². The van der Waals surface area contributed by atoms with Gasteiger partial charge < -0.3 is 0 Å². The minimum Gasteiger partial charge on any atom is -0.285 e. The Morgan fingerprint density at radius 3 is 1.81 bits per heavy atom. The summed E-state index contributed by atoms with van der Waals surface area (Å²) < 4.78 is 0. The fourth-order valence-corrected chi connectivity index (χ4v) is 1.25. The maximum Gasteiger partial charge on any atom is 0.233 e. The van der Waals surface area contributed by atoms with E-state index in [2.05, 4.69) is 33.6 Å². The zero-order chi connectivity index (χ0) is 11.5. The van der Waals surface area contributed by atoms with Gasteiger partial charge in [-0.15, -0.1) is 0 Å². The third-order valence-corrected chi connectivity index (χ3v) is 2.10. The summed E-state index contributed by atoms with van der Waals surface area (Å²) in [5, 5.41) is 13.1. The Hall–Kier alpha value is -2.43. The van der Waals surface area contributed by atoms with E-state index in [0.717, 1.165) is 0 Å². The predicted molar refractivity (Wildman–Crippen MR) is 60.8 cm³/mol. The Balaban J connectivity index is 2.30. The molecule has 0 unspecified atom stereocenters. The molecular formula is C11H10N4O. The zero-order valence-electron chi connectivity index (χ0n) is 8.53. The van der Waals surface area contributed by atoms with E-state index in [1.807, 2.05) is 0 Å². The summed E-state index contributed by atoms with van der Waals surface area (Å²) in [5.41, 5.74) is 2.03. The van der Waals surface area contributed by atoms with Crippen LogP contribution in [0, 0.1) is 0 Å². The number of aromatic amines is 2. The molecule has 2 heterocycles. The zero-order valence-corrected chi connectivity index (χ0v) is 8.53. The van der Waals surface area contributed by atoms with Crippen molar-refractivity contribution in [3.8, 4) is 0 Å². The first-order chi connectivity index (χ1) is 7.74. The monoisotopic (exact) mass is 214 g/mol. The van der Waals surface area contributed by atoms with Gasteiger partial charge in [-0.25, -0.2) is 0 Å². The molecule has 16 heavy (non-hydrogen) atoms. The molecule has 0 aliphatic heterocycles. The molecule has 5 nitrogen and oxygen atoms in total. The molecule has 0 saturated heterocycles. The molecule has 0 spiro atoms. The molecule has 0 radical (unpaired) electrons. The highest BCUT2D eigenvalue weighted by Gasteiger charge is 2.15. The average molecular weight is 214 g/mol. The van der Waals surface area contributed by atoms with Crippen LogP contribution in [0.4, 0.5) is 0 Å². The Morgan fingerprint density at radius 2 is 1.50 bits per heavy atom. The maximum absolute atomic E-state index is 11.9. The minimum absolute atomic E-state index is 0.242. The number of carbonyl (C=O) groups excluding carboxylic acids is 1. The molecule has 2 aromatic rings. The van der Waals surface area contributed by atoms with Crippen molar-refractivity contribution in [2.45, 2.75) is 0 Å². The molecule has 0 atom stereocenters. The number of H-pyrrole nitrogens is 2. The summed E-state index contributed by atoms with van der Waals surface area (Å²) in [6, 6.07) is 3.25. The number of ketones is 1. The Bertz CT molecular complexity index is 502. The molecule has 5 heteroatoms. The summed E-state index contributed by atoms with van der Waals surface area (Å²) in [6.45, 7) is 7.15. The van der Waals surface area contributed by atoms with Crippen LogP contribution in [0.25, 0.3) is 12.2 Å². The molecule has 2 rings (SSSR count). The van der Waals surface area contributed by atoms with Gasteiger partial charge in [-0.05, 0) is 24.3 Å². The third-order valence-electron chi connectivity index (χ3n) is 2.10. The number of carbonyl (C=O) groups is 1. The minimum atomic E-state index is -0.242. The van der Waals surface area contributed by atoms with Gasteiger partial charge in [-0.2, -0.15) is 10.2 Å². The molecule has 80 valence electrons. The third kappa shape index (κ3) is 1.70. The van der Waals surface area contributed by atoms with Gasteiger partial charge in [-0.1, -0.05) is 13.2 Å². The van der Waals surface area contributed by atoms with Gasteiger partial charge in [-0.3, -0.25) is 15.0 Å². The van der Waals surface area contributed by atoms with Crippen LogP contribution < -0.4 is 0 Å². The van der Waals surface area contributed by atoms with Crippen molar-refractivity contribution in [3.05, 3.63) is 48.1 Å². The van der Waals surface area contributed by atoms with Gasteiger partial charge in [0, 0.05) is 0 Å². The lowest BCUT2D eigenvalue weighted by atomic mass is 10.2. The van der Waals surface area contributed by atoms with Gasteiger partial charge >= 0.3 is 0 Å². The fraction of sp³-hybridized carbons (Fsp3) is 0. The molecule has 2 aromatic heterocycles. The van der Waals surface area contributed by atoms with Crippen molar-refractivity contribution in [3.63, 3.8) is 0 Å². The van der Waals surface area contributed by atoms with E-state index in [0.29, 0.717) is 22.8 Å². The van der Waals surface area contributed by atoms with Crippen molar-refractivity contribution in [2.24, 2.45) is 0 Å². The van der Waals surface area contributed by atoms with Crippen molar-refractivity contribution in [2.75, 3.05) is 0 Å². The molecule has 0 aromatic carbocycles. The Kier molecular flexibility index (Phi) is 2.51. The van der Waals surface area contributed by atoms with Gasteiger partial charge in [0.05, 0.1) is 11.4 Å². The number of hydrogen-bond acceptors (Lipinski definition) is 3. The van der Waals surface area contributed by atoms with Crippen molar-refractivity contribution in [1.29, 1.82) is 0 Å². The van der Waals surface area contributed by atoms with Crippen molar-refractivity contribution < 1.29 is 4.79 Å². The quantitative estimate of drug-likeness (QED) is 0.760. The van der Waals surface area contributed by atoms with Crippen LogP contribution in [0.3, 0.4) is 0 Å². The highest BCUT2D eigenvalue weighted by Crippen LogP contribution is 2.09. The molecule has 0 fully saturated rings. The molecular weight excluding hydrogens is 204 g/mol. The second-order valence-corrected chi connectivity index (χ2v) is 3.15. The largest absolute Gasteiger partial charge is 0.285 e. The van der Waals surface area contributed by atoms with E-state index in [1.165, 1.54) is 0 Å². The summed E-state index contributed by atoms with van der Waals surface area (Å²) >= 11 is 0. The van der Waals surface area contributed by atoms with E-state index < -0.39 is 0 Å². The molecule has 0 aliphatic rings. The summed E-state index contributed by atoms with van der Waals surface area (Å²) in [7, 11) is 0. The van der Waals surface area contributed by atoms with Crippen LogP contribution in [-0.2, 0) is 0 Å². The van der Waals surface area contributed by atoms with Crippen LogP contribution in [-0.4, -0.2) is 26.2 Å². The van der Waals surface area contributed by atoms with Gasteiger partial charge in [0.25, 0.3) is 0 Å². The molecule has 0 aliphatic carbocycles. The molecule has 2 N–H and O–H groups in total. The Labute approximate surface area is 91.9 Å². The van der Waals surface area contributed by atoms with Crippen LogP contribution in [0.5, 0.6) is 0 Å². The lowest BCUT2D eigenvalue weighted by Crippen LogP contribution is -2.02. The second-order valence-electron chi connectivity index (χ2n) is 3.15. The Morgan fingerprint density at radius 1 is 1.06 bits per heavy atom. The van der Waals surface area contributed by atoms with Gasteiger partial charge in [0.15, 0.2) is 0 Å². The SMILES string of the molecule is C=Cc1cc(C(=O)c2cc(C=C)[nH]n2)n[nH]1. The van der Waals surface area contributed by atoms with Crippen LogP contribution in [0.1, 0.15) is 27.6 Å². The molecule has 0 amide bonds. The standard InChI is InChI=1S/C11H10N4O/c1-3-7-5-9(14-12-7)11(16)10-6-8(4-2)13-15-10/h3-6H,1-2H2,(H,12,14)(H,13,15). The number of nitrogens with one attached hydrogen (secondary N) is 2. The normalized spacial score (nSPS) is 10.0. The first kappa shape index (κ1) is 10.1. The highest BCUT2D eigenvalue weighted by atomic mass is 16.1. The van der Waals surface area contributed by atoms with Crippen LogP contribution >= 0.6 is 0 Å².